The van der Waals surface area contributed by atoms with Gasteiger partial charge in [0.2, 0.25) is 5.91 Å². The van der Waals surface area contributed by atoms with Gasteiger partial charge in [0.1, 0.15) is 6.04 Å². The maximum Gasteiger partial charge on any atom is 0.248 e. The van der Waals surface area contributed by atoms with Gasteiger partial charge in [-0.25, -0.2) is 0 Å². The van der Waals surface area contributed by atoms with Gasteiger partial charge in [0.25, 0.3) is 0 Å². The van der Waals surface area contributed by atoms with Crippen LogP contribution in [0.3, 0.4) is 0 Å². The van der Waals surface area contributed by atoms with Crippen molar-refractivity contribution in [1.82, 2.24) is 10.6 Å². The molecule has 1 aliphatic heterocycles. The predicted octanol–water partition coefficient (Wildman–Crippen LogP) is 0.405. The van der Waals surface area contributed by atoms with Crippen molar-refractivity contribution in [2.24, 2.45) is 5.92 Å². The third kappa shape index (κ3) is 1.68. The molecule has 2 atom stereocenters. The van der Waals surface area contributed by atoms with Gasteiger partial charge in [-0.3, -0.25) is 4.79 Å². The van der Waals surface area contributed by atoms with Crippen LogP contribution < -0.4 is 10.6 Å². The second-order valence-corrected chi connectivity index (χ2v) is 3.23. The zero-order chi connectivity index (χ0) is 8.43. The number of nitrogens with one attached hydrogen (secondary N) is 2. The summed E-state index contributed by atoms with van der Waals surface area (Å²) in [6.07, 6.45) is 0.980. The van der Waals surface area contributed by atoms with E-state index in [9.17, 15) is 4.79 Å². The fourth-order valence-electron chi connectivity index (χ4n) is 1.07. The van der Waals surface area contributed by atoms with E-state index in [1.54, 1.807) is 0 Å². The summed E-state index contributed by atoms with van der Waals surface area (Å²) in [6.45, 7) is 4.09. The van der Waals surface area contributed by atoms with E-state index in [0.717, 1.165) is 6.42 Å². The summed E-state index contributed by atoms with van der Waals surface area (Å²) < 4.78 is 0. The maximum absolute atomic E-state index is 11.1. The number of rotatable bonds is 2. The summed E-state index contributed by atoms with van der Waals surface area (Å²) in [5.41, 5.74) is 0. The zero-order valence-corrected chi connectivity index (χ0v) is 7.49. The first-order valence-electron chi connectivity index (χ1n) is 3.76. The first kappa shape index (κ1) is 8.46. The van der Waals surface area contributed by atoms with E-state index in [1.165, 1.54) is 0 Å². The minimum atomic E-state index is -0.118. The Bertz CT molecular complexity index is 193. The van der Waals surface area contributed by atoms with Crippen LogP contribution in [0.5, 0.6) is 0 Å². The second kappa shape index (κ2) is 3.17. The van der Waals surface area contributed by atoms with Crippen LogP contribution in [0, 0.1) is 5.92 Å². The molecule has 0 saturated carbocycles. The van der Waals surface area contributed by atoms with Crippen LogP contribution in [-0.4, -0.2) is 17.1 Å². The molecule has 1 rings (SSSR count). The lowest BCUT2D eigenvalue weighted by molar-refractivity contribution is -0.121. The number of hydrogen-bond acceptors (Lipinski definition) is 2. The Morgan fingerprint density at radius 3 is 2.73 bits per heavy atom. The molecule has 0 radical (unpaired) electrons. The van der Waals surface area contributed by atoms with Crippen molar-refractivity contribution in [1.29, 1.82) is 0 Å². The van der Waals surface area contributed by atoms with Gasteiger partial charge in [0, 0.05) is 0 Å². The van der Waals surface area contributed by atoms with E-state index in [1.807, 2.05) is 6.92 Å². The summed E-state index contributed by atoms with van der Waals surface area (Å²) in [5.74, 6) is 0.347. The molecule has 3 nitrogen and oxygen atoms in total. The highest BCUT2D eigenvalue weighted by atomic mass is 32.1. The van der Waals surface area contributed by atoms with Crippen molar-refractivity contribution < 1.29 is 4.79 Å². The summed E-state index contributed by atoms with van der Waals surface area (Å²) in [6, 6.07) is -0.118. The zero-order valence-electron chi connectivity index (χ0n) is 6.68. The van der Waals surface area contributed by atoms with Crippen LogP contribution in [0.15, 0.2) is 0 Å². The van der Waals surface area contributed by atoms with Gasteiger partial charge in [-0.1, -0.05) is 20.3 Å². The van der Waals surface area contributed by atoms with Crippen LogP contribution in [-0.2, 0) is 4.79 Å². The highest BCUT2D eigenvalue weighted by Crippen LogP contribution is 2.10. The molecule has 1 heterocycles. The minimum absolute atomic E-state index is 0.00403. The molecule has 0 aromatic rings. The van der Waals surface area contributed by atoms with Gasteiger partial charge in [-0.2, -0.15) is 0 Å². The van der Waals surface area contributed by atoms with Crippen LogP contribution in [0.2, 0.25) is 0 Å². The molecule has 11 heavy (non-hydrogen) atoms. The molecule has 0 aromatic carbocycles. The smallest absolute Gasteiger partial charge is 0.248 e. The van der Waals surface area contributed by atoms with Gasteiger partial charge in [-0.05, 0) is 18.1 Å². The Balaban J connectivity index is 2.59. The Morgan fingerprint density at radius 1 is 1.73 bits per heavy atom. The number of hydrogen-bond donors (Lipinski definition) is 2. The number of amides is 1. The number of carbonyl (C=O) groups is 1. The standard InChI is InChI=1S/C7H12N2OS/c1-3-4(2)5-6(10)9-7(11)8-5/h4-5H,3H2,1-2H3,(H2,8,9,10,11). The molecule has 0 spiro atoms. The summed E-state index contributed by atoms with van der Waals surface area (Å²) >= 11 is 4.80. The summed E-state index contributed by atoms with van der Waals surface area (Å²) in [7, 11) is 0. The molecule has 4 heteroatoms. The molecule has 0 bridgehead atoms. The average Bonchev–Trinajstić information content (AvgIpc) is 2.28. The summed E-state index contributed by atoms with van der Waals surface area (Å²) in [5, 5.41) is 5.95. The van der Waals surface area contributed by atoms with Crippen molar-refractivity contribution in [3.8, 4) is 0 Å². The number of carbonyl (C=O) groups excluding carboxylic acids is 1. The van der Waals surface area contributed by atoms with E-state index in [0.29, 0.717) is 11.0 Å². The molecular formula is C7H12N2OS. The van der Waals surface area contributed by atoms with Gasteiger partial charge in [-0.15, -0.1) is 0 Å². The SMILES string of the molecule is CCC(C)C1NC(=S)NC1=O. The van der Waals surface area contributed by atoms with Crippen molar-refractivity contribution in [3.63, 3.8) is 0 Å². The monoisotopic (exact) mass is 172 g/mol. The molecule has 1 amide bonds. The largest absolute Gasteiger partial charge is 0.350 e. The lowest BCUT2D eigenvalue weighted by Gasteiger charge is -2.13. The molecule has 0 aromatic heterocycles. The Kier molecular flexibility index (Phi) is 2.44. The van der Waals surface area contributed by atoms with Gasteiger partial charge < -0.3 is 10.6 Å². The average molecular weight is 172 g/mol. The van der Waals surface area contributed by atoms with E-state index in [4.69, 9.17) is 12.2 Å². The van der Waals surface area contributed by atoms with Crippen LogP contribution in [0.25, 0.3) is 0 Å². The first-order chi connectivity index (χ1) is 5.15. The molecule has 1 saturated heterocycles. The van der Waals surface area contributed by atoms with Crippen molar-refractivity contribution in [3.05, 3.63) is 0 Å². The second-order valence-electron chi connectivity index (χ2n) is 2.83. The Hall–Kier alpha value is -0.640. The molecule has 2 N–H and O–H groups in total. The topological polar surface area (TPSA) is 41.1 Å². The molecule has 1 fully saturated rings. The molecule has 2 unspecified atom stereocenters. The quantitative estimate of drug-likeness (QED) is 0.593. The Morgan fingerprint density at radius 2 is 2.36 bits per heavy atom. The van der Waals surface area contributed by atoms with Crippen molar-refractivity contribution in [2.75, 3.05) is 0 Å². The van der Waals surface area contributed by atoms with E-state index < -0.39 is 0 Å². The van der Waals surface area contributed by atoms with Gasteiger partial charge in [0.15, 0.2) is 5.11 Å². The molecule has 0 aliphatic carbocycles. The van der Waals surface area contributed by atoms with Crippen molar-refractivity contribution in [2.45, 2.75) is 26.3 Å². The highest BCUT2D eigenvalue weighted by Gasteiger charge is 2.30. The molecule has 62 valence electrons. The molecule has 1 aliphatic rings. The van der Waals surface area contributed by atoms with E-state index in [2.05, 4.69) is 17.6 Å². The summed E-state index contributed by atoms with van der Waals surface area (Å²) in [4.78, 5) is 11.1. The van der Waals surface area contributed by atoms with Crippen LogP contribution in [0.1, 0.15) is 20.3 Å². The normalized spacial score (nSPS) is 26.2. The van der Waals surface area contributed by atoms with E-state index in [-0.39, 0.29) is 11.9 Å². The molecular weight excluding hydrogens is 160 g/mol. The van der Waals surface area contributed by atoms with Crippen molar-refractivity contribution >= 4 is 23.2 Å². The number of thiocarbonyl (C=S) groups is 1. The van der Waals surface area contributed by atoms with Gasteiger partial charge in [0.05, 0.1) is 0 Å². The fraction of sp³-hybridized carbons (Fsp3) is 0.714. The lowest BCUT2D eigenvalue weighted by Crippen LogP contribution is -2.35. The van der Waals surface area contributed by atoms with Gasteiger partial charge >= 0.3 is 0 Å². The first-order valence-corrected chi connectivity index (χ1v) is 4.17. The highest BCUT2D eigenvalue weighted by molar-refractivity contribution is 7.80. The Labute approximate surface area is 71.5 Å². The minimum Gasteiger partial charge on any atom is -0.350 e. The predicted molar refractivity (Wildman–Crippen MR) is 47.1 cm³/mol. The third-order valence-corrected chi connectivity index (χ3v) is 2.24. The van der Waals surface area contributed by atoms with Crippen LogP contribution >= 0.6 is 12.2 Å². The third-order valence-electron chi connectivity index (χ3n) is 2.02. The van der Waals surface area contributed by atoms with Crippen LogP contribution in [0.4, 0.5) is 0 Å². The fourth-order valence-corrected chi connectivity index (χ4v) is 1.30. The van der Waals surface area contributed by atoms with E-state index >= 15 is 0 Å². The maximum atomic E-state index is 11.1. The lowest BCUT2D eigenvalue weighted by atomic mass is 10.00.